The topological polar surface area (TPSA) is 73.4 Å². The van der Waals surface area contributed by atoms with Crippen LogP contribution in [0.5, 0.6) is 0 Å². The molecule has 1 saturated heterocycles. The van der Waals surface area contributed by atoms with Crippen LogP contribution < -0.4 is 5.56 Å². The summed E-state index contributed by atoms with van der Waals surface area (Å²) < 4.78 is 26.5. The number of halogens is 2. The summed E-state index contributed by atoms with van der Waals surface area (Å²) in [6.45, 7) is 0.0849. The maximum atomic E-state index is 13.4. The summed E-state index contributed by atoms with van der Waals surface area (Å²) in [5.74, 6) is -2.36. The van der Waals surface area contributed by atoms with Crippen LogP contribution in [0, 0.1) is 11.6 Å². The third-order valence-electron chi connectivity index (χ3n) is 3.90. The number of aliphatic hydroxyl groups excluding tert-OH is 1. The zero-order chi connectivity index (χ0) is 16.6. The van der Waals surface area contributed by atoms with E-state index in [2.05, 4.69) is 4.98 Å². The van der Waals surface area contributed by atoms with Crippen molar-refractivity contribution in [3.63, 3.8) is 0 Å². The van der Waals surface area contributed by atoms with Crippen molar-refractivity contribution < 1.29 is 18.7 Å². The van der Waals surface area contributed by atoms with E-state index >= 15 is 0 Å². The summed E-state index contributed by atoms with van der Waals surface area (Å²) in [6.07, 6.45) is 0.775. The van der Waals surface area contributed by atoms with Crippen molar-refractivity contribution in [3.8, 4) is 0 Å². The van der Waals surface area contributed by atoms with E-state index in [4.69, 9.17) is 0 Å². The monoisotopic (exact) mass is 320 g/mol. The highest BCUT2D eigenvalue weighted by atomic mass is 19.2. The molecule has 120 valence electrons. The number of pyridine rings is 1. The van der Waals surface area contributed by atoms with Crippen LogP contribution in [0.1, 0.15) is 28.4 Å². The normalized spacial score (nSPS) is 20.7. The van der Waals surface area contributed by atoms with E-state index in [1.54, 1.807) is 0 Å². The van der Waals surface area contributed by atoms with Crippen molar-refractivity contribution in [3.05, 3.63) is 69.6 Å². The maximum Gasteiger partial charge on any atom is 0.255 e. The van der Waals surface area contributed by atoms with Crippen LogP contribution in [0.15, 0.2) is 41.3 Å². The molecule has 0 bridgehead atoms. The number of aromatic nitrogens is 1. The van der Waals surface area contributed by atoms with Crippen molar-refractivity contribution in [2.24, 2.45) is 0 Å². The van der Waals surface area contributed by atoms with Crippen molar-refractivity contribution >= 4 is 5.91 Å². The molecular formula is C16H14F2N2O3. The molecule has 2 atom stereocenters. The lowest BCUT2D eigenvalue weighted by molar-refractivity contribution is 0.0715. The van der Waals surface area contributed by atoms with Crippen LogP contribution >= 0.6 is 0 Å². The standard InChI is InChI=1S/C16H14F2N2O3/c17-12-3-1-9(5-13(12)18)14-6-11(21)8-20(14)16(23)10-2-4-15(22)19-7-10/h1-5,7,11,14,21H,6,8H2,(H,19,22)/t11-,14-/m0/s1. The Labute approximate surface area is 130 Å². The van der Waals surface area contributed by atoms with Gasteiger partial charge in [0.1, 0.15) is 0 Å². The lowest BCUT2D eigenvalue weighted by Gasteiger charge is -2.24. The number of carbonyl (C=O) groups is 1. The van der Waals surface area contributed by atoms with Gasteiger partial charge >= 0.3 is 0 Å². The maximum absolute atomic E-state index is 13.4. The number of amides is 1. The van der Waals surface area contributed by atoms with Gasteiger partial charge in [0.25, 0.3) is 5.91 Å². The minimum atomic E-state index is -1.000. The van der Waals surface area contributed by atoms with Gasteiger partial charge in [-0.1, -0.05) is 6.07 Å². The van der Waals surface area contributed by atoms with Crippen LogP contribution in [0.25, 0.3) is 0 Å². The Hall–Kier alpha value is -2.54. The average Bonchev–Trinajstić information content (AvgIpc) is 2.92. The van der Waals surface area contributed by atoms with E-state index in [0.717, 1.165) is 12.1 Å². The molecule has 0 radical (unpaired) electrons. The van der Waals surface area contributed by atoms with Gasteiger partial charge in [-0.25, -0.2) is 8.78 Å². The van der Waals surface area contributed by atoms with Gasteiger partial charge < -0.3 is 15.0 Å². The van der Waals surface area contributed by atoms with Gasteiger partial charge in [0.05, 0.1) is 17.7 Å². The fourth-order valence-corrected chi connectivity index (χ4v) is 2.78. The van der Waals surface area contributed by atoms with Crippen molar-refractivity contribution in [1.29, 1.82) is 0 Å². The zero-order valence-electron chi connectivity index (χ0n) is 12.0. The fourth-order valence-electron chi connectivity index (χ4n) is 2.78. The number of aromatic amines is 1. The molecule has 1 aromatic heterocycles. The summed E-state index contributed by atoms with van der Waals surface area (Å²) in [4.78, 5) is 27.4. The molecule has 2 N–H and O–H groups in total. The zero-order valence-corrected chi connectivity index (χ0v) is 12.0. The number of carbonyl (C=O) groups excluding carboxylic acids is 1. The van der Waals surface area contributed by atoms with Crippen LogP contribution in [0.3, 0.4) is 0 Å². The van der Waals surface area contributed by atoms with Crippen LogP contribution in [-0.4, -0.2) is 33.5 Å². The van der Waals surface area contributed by atoms with Crippen molar-refractivity contribution in [2.75, 3.05) is 6.54 Å². The minimum Gasteiger partial charge on any atom is -0.391 e. The second-order valence-electron chi connectivity index (χ2n) is 5.48. The van der Waals surface area contributed by atoms with Crippen LogP contribution in [0.2, 0.25) is 0 Å². The van der Waals surface area contributed by atoms with Gasteiger partial charge in [-0.3, -0.25) is 9.59 Å². The minimum absolute atomic E-state index is 0.0849. The largest absolute Gasteiger partial charge is 0.391 e. The summed E-state index contributed by atoms with van der Waals surface area (Å²) in [7, 11) is 0. The van der Waals surface area contributed by atoms with Crippen molar-refractivity contribution in [2.45, 2.75) is 18.6 Å². The highest BCUT2D eigenvalue weighted by Crippen LogP contribution is 2.33. The second-order valence-corrected chi connectivity index (χ2v) is 5.48. The van der Waals surface area contributed by atoms with E-state index in [1.807, 2.05) is 0 Å². The molecule has 5 nitrogen and oxygen atoms in total. The molecule has 23 heavy (non-hydrogen) atoms. The first-order chi connectivity index (χ1) is 11.0. The smallest absolute Gasteiger partial charge is 0.255 e. The molecule has 0 saturated carbocycles. The molecule has 1 amide bonds. The molecule has 1 aliphatic heterocycles. The van der Waals surface area contributed by atoms with Gasteiger partial charge in [-0.15, -0.1) is 0 Å². The summed E-state index contributed by atoms with van der Waals surface area (Å²) in [5.41, 5.74) is 0.338. The number of H-pyrrole nitrogens is 1. The lowest BCUT2D eigenvalue weighted by atomic mass is 10.0. The molecule has 7 heteroatoms. The average molecular weight is 320 g/mol. The molecule has 0 unspecified atom stereocenters. The number of rotatable bonds is 2. The number of nitrogens with one attached hydrogen (secondary N) is 1. The summed E-state index contributed by atoms with van der Waals surface area (Å²) in [5, 5.41) is 9.88. The number of nitrogens with zero attached hydrogens (tertiary/aromatic N) is 1. The molecular weight excluding hydrogens is 306 g/mol. The molecule has 1 aromatic carbocycles. The number of hydrogen-bond acceptors (Lipinski definition) is 3. The van der Waals surface area contributed by atoms with Gasteiger partial charge in [0.2, 0.25) is 5.56 Å². The highest BCUT2D eigenvalue weighted by molar-refractivity contribution is 5.94. The number of likely N-dealkylation sites (tertiary alicyclic amines) is 1. The van der Waals surface area contributed by atoms with E-state index in [1.165, 1.54) is 29.3 Å². The van der Waals surface area contributed by atoms with Gasteiger partial charge in [0.15, 0.2) is 11.6 Å². The predicted molar refractivity (Wildman–Crippen MR) is 77.8 cm³/mol. The Morgan fingerprint density at radius 1 is 1.22 bits per heavy atom. The molecule has 1 fully saturated rings. The van der Waals surface area contributed by atoms with Gasteiger partial charge in [-0.05, 0) is 30.2 Å². The quantitative estimate of drug-likeness (QED) is 0.883. The first-order valence-electron chi connectivity index (χ1n) is 7.08. The fraction of sp³-hybridized carbons (Fsp3) is 0.250. The lowest BCUT2D eigenvalue weighted by Crippen LogP contribution is -2.32. The molecule has 2 aromatic rings. The van der Waals surface area contributed by atoms with E-state index in [9.17, 15) is 23.5 Å². The number of β-amino-alcohol motifs (C(OH)–C–C–N with tert-alkyl or cyclic N) is 1. The van der Waals surface area contributed by atoms with E-state index in [-0.39, 0.29) is 24.1 Å². The van der Waals surface area contributed by atoms with E-state index < -0.39 is 29.7 Å². The first kappa shape index (κ1) is 15.4. The number of aliphatic hydroxyl groups is 1. The van der Waals surface area contributed by atoms with E-state index in [0.29, 0.717) is 5.56 Å². The molecule has 0 aliphatic carbocycles. The number of benzene rings is 1. The Balaban J connectivity index is 1.92. The Morgan fingerprint density at radius 2 is 2.00 bits per heavy atom. The predicted octanol–water partition coefficient (Wildman–Crippen LogP) is 1.60. The number of hydrogen-bond donors (Lipinski definition) is 2. The molecule has 2 heterocycles. The molecule has 1 aliphatic rings. The molecule has 3 rings (SSSR count). The third kappa shape index (κ3) is 3.00. The highest BCUT2D eigenvalue weighted by Gasteiger charge is 2.36. The Kier molecular flexibility index (Phi) is 3.96. The summed E-state index contributed by atoms with van der Waals surface area (Å²) >= 11 is 0. The Morgan fingerprint density at radius 3 is 2.65 bits per heavy atom. The van der Waals surface area contributed by atoms with Crippen LogP contribution in [0.4, 0.5) is 8.78 Å². The summed E-state index contributed by atoms with van der Waals surface area (Å²) in [6, 6.07) is 5.48. The molecule has 0 spiro atoms. The third-order valence-corrected chi connectivity index (χ3v) is 3.90. The van der Waals surface area contributed by atoms with Crippen molar-refractivity contribution in [1.82, 2.24) is 9.88 Å². The van der Waals surface area contributed by atoms with Crippen LogP contribution in [-0.2, 0) is 0 Å². The first-order valence-corrected chi connectivity index (χ1v) is 7.08. The van der Waals surface area contributed by atoms with Gasteiger partial charge in [0, 0.05) is 18.8 Å². The second kappa shape index (κ2) is 5.92. The Bertz CT molecular complexity index is 786. The van der Waals surface area contributed by atoms with Gasteiger partial charge in [-0.2, -0.15) is 0 Å². The SMILES string of the molecule is O=C(c1ccc(=O)[nH]c1)N1C[C@@H](O)C[C@H]1c1ccc(F)c(F)c1.